The second-order valence-corrected chi connectivity index (χ2v) is 4.64. The third-order valence-corrected chi connectivity index (χ3v) is 3.12. The number of carbonyl (C=O) groups is 1. The predicted octanol–water partition coefficient (Wildman–Crippen LogP) is 0.708. The highest BCUT2D eigenvalue weighted by Crippen LogP contribution is 2.06. The summed E-state index contributed by atoms with van der Waals surface area (Å²) in [6.45, 7) is 1.05. The maximum Gasteiger partial charge on any atom is 0.250 e. The third kappa shape index (κ3) is 5.55. The van der Waals surface area contributed by atoms with E-state index in [1.165, 1.54) is 6.20 Å². The fourth-order valence-corrected chi connectivity index (χ4v) is 1.95. The largest absolute Gasteiger partial charge is 0.396 e. The SMILES string of the molecule is NC(=O)c1ccc(NCCSCCCO)nc1. The first-order valence-corrected chi connectivity index (χ1v) is 6.58. The number of anilines is 1. The van der Waals surface area contributed by atoms with Gasteiger partial charge < -0.3 is 16.2 Å². The van der Waals surface area contributed by atoms with E-state index in [0.717, 1.165) is 30.3 Å². The summed E-state index contributed by atoms with van der Waals surface area (Å²) in [7, 11) is 0. The highest BCUT2D eigenvalue weighted by molar-refractivity contribution is 7.99. The molecule has 0 aliphatic carbocycles. The highest BCUT2D eigenvalue weighted by Gasteiger charge is 2.00. The number of aromatic nitrogens is 1. The van der Waals surface area contributed by atoms with E-state index in [2.05, 4.69) is 10.3 Å². The summed E-state index contributed by atoms with van der Waals surface area (Å²) >= 11 is 1.78. The van der Waals surface area contributed by atoms with Crippen LogP contribution >= 0.6 is 11.8 Å². The molecule has 0 unspecified atom stereocenters. The zero-order valence-corrected chi connectivity index (χ0v) is 10.4. The summed E-state index contributed by atoms with van der Waals surface area (Å²) in [5.74, 6) is 2.19. The maximum atomic E-state index is 10.8. The van der Waals surface area contributed by atoms with Crippen LogP contribution in [0.3, 0.4) is 0 Å². The number of nitrogens with one attached hydrogen (secondary N) is 1. The Balaban J connectivity index is 2.21. The van der Waals surface area contributed by atoms with Crippen molar-refractivity contribution in [2.24, 2.45) is 5.73 Å². The molecule has 0 radical (unpaired) electrons. The van der Waals surface area contributed by atoms with Gasteiger partial charge in [0.2, 0.25) is 5.91 Å². The van der Waals surface area contributed by atoms with Crippen molar-refractivity contribution < 1.29 is 9.90 Å². The molecule has 1 amide bonds. The minimum atomic E-state index is -0.469. The molecule has 0 aliphatic heterocycles. The van der Waals surface area contributed by atoms with E-state index in [1.807, 2.05) is 0 Å². The lowest BCUT2D eigenvalue weighted by Crippen LogP contribution is -2.12. The topological polar surface area (TPSA) is 88.2 Å². The Morgan fingerprint density at radius 3 is 2.88 bits per heavy atom. The fraction of sp³-hybridized carbons (Fsp3) is 0.455. The number of carbonyl (C=O) groups excluding carboxylic acids is 1. The van der Waals surface area contributed by atoms with Gasteiger partial charge in [0, 0.05) is 25.1 Å². The standard InChI is InChI=1S/C11H17N3O2S/c12-11(16)9-2-3-10(14-8-9)13-4-7-17-6-1-5-15/h2-3,8,15H,1,4-7H2,(H2,12,16)(H,13,14). The van der Waals surface area contributed by atoms with Crippen LogP contribution in [0.15, 0.2) is 18.3 Å². The molecule has 94 valence electrons. The van der Waals surface area contributed by atoms with Gasteiger partial charge in [0.05, 0.1) is 5.56 Å². The minimum Gasteiger partial charge on any atom is -0.396 e. The monoisotopic (exact) mass is 255 g/mol. The number of amides is 1. The Labute approximate surface area is 105 Å². The average molecular weight is 255 g/mol. The van der Waals surface area contributed by atoms with Crippen molar-refractivity contribution in [2.45, 2.75) is 6.42 Å². The van der Waals surface area contributed by atoms with Crippen LogP contribution in [-0.4, -0.2) is 40.7 Å². The molecule has 0 spiro atoms. The lowest BCUT2D eigenvalue weighted by Gasteiger charge is -2.05. The van der Waals surface area contributed by atoms with Crippen LogP contribution in [-0.2, 0) is 0 Å². The molecule has 0 saturated heterocycles. The second kappa shape index (κ2) is 7.92. The number of nitrogens with two attached hydrogens (primary N) is 1. The molecule has 0 bridgehead atoms. The van der Waals surface area contributed by atoms with Gasteiger partial charge >= 0.3 is 0 Å². The molecule has 0 aliphatic rings. The first-order valence-electron chi connectivity index (χ1n) is 5.42. The van der Waals surface area contributed by atoms with Gasteiger partial charge in [0.15, 0.2) is 0 Å². The van der Waals surface area contributed by atoms with Crippen LogP contribution in [0, 0.1) is 0 Å². The number of hydrogen-bond acceptors (Lipinski definition) is 5. The van der Waals surface area contributed by atoms with Crippen molar-refractivity contribution in [2.75, 3.05) is 30.0 Å². The van der Waals surface area contributed by atoms with E-state index >= 15 is 0 Å². The number of aliphatic hydroxyl groups excluding tert-OH is 1. The smallest absolute Gasteiger partial charge is 0.250 e. The van der Waals surface area contributed by atoms with Crippen molar-refractivity contribution in [3.63, 3.8) is 0 Å². The number of pyridine rings is 1. The Kier molecular flexibility index (Phi) is 6.42. The molecular weight excluding hydrogens is 238 g/mol. The maximum absolute atomic E-state index is 10.8. The first-order chi connectivity index (χ1) is 8.24. The molecule has 1 heterocycles. The molecule has 1 rings (SSSR count). The number of hydrogen-bond donors (Lipinski definition) is 3. The lowest BCUT2D eigenvalue weighted by molar-refractivity contribution is 0.1000. The molecule has 17 heavy (non-hydrogen) atoms. The van der Waals surface area contributed by atoms with E-state index in [9.17, 15) is 4.79 Å². The van der Waals surface area contributed by atoms with E-state index in [0.29, 0.717) is 5.56 Å². The van der Waals surface area contributed by atoms with Crippen molar-refractivity contribution in [3.05, 3.63) is 23.9 Å². The van der Waals surface area contributed by atoms with Gasteiger partial charge in [-0.3, -0.25) is 4.79 Å². The quantitative estimate of drug-likeness (QED) is 0.595. The molecule has 5 nitrogen and oxygen atoms in total. The van der Waals surface area contributed by atoms with E-state index in [-0.39, 0.29) is 6.61 Å². The van der Waals surface area contributed by atoms with Gasteiger partial charge in [-0.15, -0.1) is 0 Å². The Hall–Kier alpha value is -1.27. The minimum absolute atomic E-state index is 0.247. The molecule has 0 fully saturated rings. The summed E-state index contributed by atoms with van der Waals surface area (Å²) in [5.41, 5.74) is 5.52. The van der Waals surface area contributed by atoms with Gasteiger partial charge in [0.1, 0.15) is 5.82 Å². The molecule has 0 saturated carbocycles. The number of thioether (sulfide) groups is 1. The summed E-state index contributed by atoms with van der Waals surface area (Å²) in [6, 6.07) is 3.38. The summed E-state index contributed by atoms with van der Waals surface area (Å²) < 4.78 is 0. The molecule has 6 heteroatoms. The van der Waals surface area contributed by atoms with Gasteiger partial charge in [-0.25, -0.2) is 4.98 Å². The van der Waals surface area contributed by atoms with Gasteiger partial charge in [-0.2, -0.15) is 11.8 Å². The zero-order chi connectivity index (χ0) is 12.5. The van der Waals surface area contributed by atoms with Crippen molar-refractivity contribution in [3.8, 4) is 0 Å². The highest BCUT2D eigenvalue weighted by atomic mass is 32.2. The second-order valence-electron chi connectivity index (χ2n) is 3.41. The molecule has 1 aromatic heterocycles. The molecule has 0 aromatic carbocycles. The summed E-state index contributed by atoms with van der Waals surface area (Å²) in [6.07, 6.45) is 2.29. The lowest BCUT2D eigenvalue weighted by atomic mass is 10.3. The van der Waals surface area contributed by atoms with Crippen LogP contribution in [0.5, 0.6) is 0 Å². The van der Waals surface area contributed by atoms with Crippen molar-refractivity contribution >= 4 is 23.5 Å². The van der Waals surface area contributed by atoms with Crippen LogP contribution in [0.1, 0.15) is 16.8 Å². The number of aliphatic hydroxyl groups is 1. The van der Waals surface area contributed by atoms with E-state index in [4.69, 9.17) is 10.8 Å². The summed E-state index contributed by atoms with van der Waals surface area (Å²) in [4.78, 5) is 14.9. The number of rotatable bonds is 8. The Morgan fingerprint density at radius 2 is 2.29 bits per heavy atom. The molecule has 0 atom stereocenters. The number of primary amides is 1. The van der Waals surface area contributed by atoms with Gasteiger partial charge in [-0.1, -0.05) is 0 Å². The zero-order valence-electron chi connectivity index (χ0n) is 9.56. The van der Waals surface area contributed by atoms with E-state index < -0.39 is 5.91 Å². The van der Waals surface area contributed by atoms with Crippen molar-refractivity contribution in [1.82, 2.24) is 4.98 Å². The van der Waals surface area contributed by atoms with E-state index in [1.54, 1.807) is 23.9 Å². The van der Waals surface area contributed by atoms with Crippen LogP contribution in [0.25, 0.3) is 0 Å². The third-order valence-electron chi connectivity index (χ3n) is 2.05. The van der Waals surface area contributed by atoms with Gasteiger partial charge in [-0.05, 0) is 24.3 Å². The van der Waals surface area contributed by atoms with Crippen LogP contribution in [0.4, 0.5) is 5.82 Å². The number of nitrogens with zero attached hydrogens (tertiary/aromatic N) is 1. The molecular formula is C11H17N3O2S. The molecule has 4 N–H and O–H groups in total. The first kappa shape index (κ1) is 13.8. The molecule has 1 aromatic rings. The Bertz CT molecular complexity index is 343. The van der Waals surface area contributed by atoms with Crippen LogP contribution < -0.4 is 11.1 Å². The van der Waals surface area contributed by atoms with Crippen LogP contribution in [0.2, 0.25) is 0 Å². The average Bonchev–Trinajstić information content (AvgIpc) is 2.34. The predicted molar refractivity (Wildman–Crippen MR) is 70.3 cm³/mol. The fourth-order valence-electron chi connectivity index (χ4n) is 1.16. The van der Waals surface area contributed by atoms with Crippen molar-refractivity contribution in [1.29, 1.82) is 0 Å². The normalized spacial score (nSPS) is 10.2. The Morgan fingerprint density at radius 1 is 1.47 bits per heavy atom. The van der Waals surface area contributed by atoms with Gasteiger partial charge in [0.25, 0.3) is 0 Å². The summed E-state index contributed by atoms with van der Waals surface area (Å²) in [5, 5.41) is 11.7.